The zero-order chi connectivity index (χ0) is 15.7. The molecule has 0 saturated carbocycles. The van der Waals surface area contributed by atoms with Gasteiger partial charge in [-0.3, -0.25) is 9.69 Å². The van der Waals surface area contributed by atoms with Gasteiger partial charge in [-0.1, -0.05) is 31.3 Å². The van der Waals surface area contributed by atoms with Gasteiger partial charge >= 0.3 is 0 Å². The lowest BCUT2D eigenvalue weighted by atomic mass is 10.2. The first-order valence-corrected chi connectivity index (χ1v) is 7.76. The SMILES string of the molecule is CC(C)C(=O)N(Cc1ccco1)c1nc2c(F)cccc2s1. The molecule has 0 saturated heterocycles. The minimum atomic E-state index is -0.380. The van der Waals surface area contributed by atoms with Crippen molar-refractivity contribution >= 4 is 32.6 Å². The number of hydrogen-bond acceptors (Lipinski definition) is 4. The van der Waals surface area contributed by atoms with Gasteiger partial charge in [0.25, 0.3) is 0 Å². The third kappa shape index (κ3) is 2.74. The Kier molecular flexibility index (Phi) is 3.94. The van der Waals surface area contributed by atoms with Crippen LogP contribution in [-0.4, -0.2) is 10.9 Å². The van der Waals surface area contributed by atoms with Gasteiger partial charge < -0.3 is 4.42 Å². The molecule has 0 aliphatic rings. The highest BCUT2D eigenvalue weighted by molar-refractivity contribution is 7.22. The molecule has 0 N–H and O–H groups in total. The van der Waals surface area contributed by atoms with Gasteiger partial charge in [0.05, 0.1) is 17.5 Å². The Morgan fingerprint density at radius 2 is 2.18 bits per heavy atom. The topological polar surface area (TPSA) is 46.3 Å². The smallest absolute Gasteiger partial charge is 0.231 e. The fourth-order valence-electron chi connectivity index (χ4n) is 2.13. The minimum Gasteiger partial charge on any atom is -0.467 e. The van der Waals surface area contributed by atoms with E-state index in [-0.39, 0.29) is 24.2 Å². The molecule has 0 aliphatic carbocycles. The Morgan fingerprint density at radius 1 is 1.36 bits per heavy atom. The Hall–Kier alpha value is -2.21. The number of carbonyl (C=O) groups excluding carboxylic acids is 1. The average Bonchev–Trinajstić information content (AvgIpc) is 3.13. The van der Waals surface area contributed by atoms with Crippen LogP contribution in [0.2, 0.25) is 0 Å². The van der Waals surface area contributed by atoms with E-state index in [0.717, 1.165) is 4.70 Å². The van der Waals surface area contributed by atoms with Crippen molar-refractivity contribution in [1.29, 1.82) is 0 Å². The molecule has 1 aromatic carbocycles. The zero-order valence-corrected chi connectivity index (χ0v) is 13.1. The number of anilines is 1. The van der Waals surface area contributed by atoms with E-state index < -0.39 is 0 Å². The summed E-state index contributed by atoms with van der Waals surface area (Å²) in [4.78, 5) is 18.3. The molecule has 3 rings (SSSR count). The van der Waals surface area contributed by atoms with Crippen LogP contribution in [-0.2, 0) is 11.3 Å². The predicted octanol–water partition coefficient (Wildman–Crippen LogP) is 4.22. The van der Waals surface area contributed by atoms with E-state index in [4.69, 9.17) is 4.42 Å². The molecule has 4 nitrogen and oxygen atoms in total. The number of benzene rings is 1. The number of rotatable bonds is 4. The number of para-hydroxylation sites is 1. The van der Waals surface area contributed by atoms with E-state index >= 15 is 0 Å². The van der Waals surface area contributed by atoms with Crippen LogP contribution >= 0.6 is 11.3 Å². The number of halogens is 1. The first kappa shape index (κ1) is 14.7. The lowest BCUT2D eigenvalue weighted by Crippen LogP contribution is -2.33. The molecule has 0 spiro atoms. The van der Waals surface area contributed by atoms with Crippen LogP contribution in [0, 0.1) is 11.7 Å². The third-order valence-corrected chi connectivity index (χ3v) is 4.29. The van der Waals surface area contributed by atoms with Crippen LogP contribution < -0.4 is 4.90 Å². The fraction of sp³-hybridized carbons (Fsp3) is 0.250. The normalized spacial score (nSPS) is 11.3. The summed E-state index contributed by atoms with van der Waals surface area (Å²) in [6.45, 7) is 3.93. The highest BCUT2D eigenvalue weighted by Crippen LogP contribution is 2.31. The maximum Gasteiger partial charge on any atom is 0.231 e. The summed E-state index contributed by atoms with van der Waals surface area (Å²) in [5.41, 5.74) is 0.295. The molecule has 2 aromatic heterocycles. The van der Waals surface area contributed by atoms with Crippen molar-refractivity contribution in [3.63, 3.8) is 0 Å². The zero-order valence-electron chi connectivity index (χ0n) is 12.2. The van der Waals surface area contributed by atoms with Gasteiger partial charge in [-0.2, -0.15) is 0 Å². The van der Waals surface area contributed by atoms with Crippen molar-refractivity contribution in [3.05, 3.63) is 48.2 Å². The van der Waals surface area contributed by atoms with Crippen LogP contribution in [0.1, 0.15) is 19.6 Å². The largest absolute Gasteiger partial charge is 0.467 e. The van der Waals surface area contributed by atoms with E-state index in [0.29, 0.717) is 16.4 Å². The van der Waals surface area contributed by atoms with Crippen molar-refractivity contribution in [2.45, 2.75) is 20.4 Å². The minimum absolute atomic E-state index is 0.0733. The highest BCUT2D eigenvalue weighted by atomic mass is 32.1. The van der Waals surface area contributed by atoms with Crippen molar-refractivity contribution in [2.75, 3.05) is 4.90 Å². The van der Waals surface area contributed by atoms with E-state index in [1.807, 2.05) is 13.8 Å². The molecule has 0 radical (unpaired) electrons. The molecule has 22 heavy (non-hydrogen) atoms. The van der Waals surface area contributed by atoms with Crippen LogP contribution in [0.4, 0.5) is 9.52 Å². The first-order valence-electron chi connectivity index (χ1n) is 6.95. The first-order chi connectivity index (χ1) is 10.6. The summed E-state index contributed by atoms with van der Waals surface area (Å²) in [5, 5.41) is 0.482. The summed E-state index contributed by atoms with van der Waals surface area (Å²) in [7, 11) is 0. The molecule has 0 aliphatic heterocycles. The number of furan rings is 1. The molecule has 114 valence electrons. The Morgan fingerprint density at radius 3 is 2.82 bits per heavy atom. The number of hydrogen-bond donors (Lipinski definition) is 0. The summed E-state index contributed by atoms with van der Waals surface area (Å²) in [6, 6.07) is 8.37. The van der Waals surface area contributed by atoms with Crippen molar-refractivity contribution in [1.82, 2.24) is 4.98 Å². The maximum absolute atomic E-state index is 13.8. The van der Waals surface area contributed by atoms with Gasteiger partial charge in [-0.05, 0) is 24.3 Å². The Bertz CT molecular complexity index is 796. The second-order valence-corrected chi connectivity index (χ2v) is 6.25. The van der Waals surface area contributed by atoms with Crippen LogP contribution in [0.15, 0.2) is 41.0 Å². The van der Waals surface area contributed by atoms with Crippen molar-refractivity contribution in [2.24, 2.45) is 5.92 Å². The summed E-state index contributed by atoms with van der Waals surface area (Å²) in [5.74, 6) is 0.0198. The molecule has 2 heterocycles. The van der Waals surface area contributed by atoms with E-state index in [9.17, 15) is 9.18 Å². The summed E-state index contributed by atoms with van der Waals surface area (Å²) >= 11 is 1.30. The van der Waals surface area contributed by atoms with Crippen LogP contribution in [0.5, 0.6) is 0 Å². The fourth-order valence-corrected chi connectivity index (χ4v) is 3.11. The van der Waals surface area contributed by atoms with Gasteiger partial charge in [0.15, 0.2) is 5.13 Å². The summed E-state index contributed by atoms with van der Waals surface area (Å²) in [6.07, 6.45) is 1.56. The van der Waals surface area contributed by atoms with Crippen LogP contribution in [0.25, 0.3) is 10.2 Å². The molecular weight excluding hydrogens is 303 g/mol. The standard InChI is InChI=1S/C16H15FN2O2S/c1-10(2)15(20)19(9-11-5-4-8-21-11)16-18-14-12(17)6-3-7-13(14)22-16/h3-8,10H,9H2,1-2H3. The van der Waals surface area contributed by atoms with E-state index in [1.54, 1.807) is 35.4 Å². The molecule has 0 fully saturated rings. The third-order valence-electron chi connectivity index (χ3n) is 3.24. The summed E-state index contributed by atoms with van der Waals surface area (Å²) < 4.78 is 19.9. The Labute approximate surface area is 131 Å². The van der Waals surface area contributed by atoms with Crippen molar-refractivity contribution < 1.29 is 13.6 Å². The second-order valence-electron chi connectivity index (χ2n) is 5.24. The number of aromatic nitrogens is 1. The van der Waals surface area contributed by atoms with Gasteiger partial charge in [0.2, 0.25) is 5.91 Å². The number of fused-ring (bicyclic) bond motifs is 1. The van der Waals surface area contributed by atoms with Gasteiger partial charge in [-0.25, -0.2) is 9.37 Å². The molecule has 6 heteroatoms. The van der Waals surface area contributed by atoms with E-state index in [1.165, 1.54) is 17.4 Å². The maximum atomic E-state index is 13.8. The molecule has 3 aromatic rings. The molecule has 0 unspecified atom stereocenters. The van der Waals surface area contributed by atoms with Crippen molar-refractivity contribution in [3.8, 4) is 0 Å². The monoisotopic (exact) mass is 318 g/mol. The number of nitrogens with zero attached hydrogens (tertiary/aromatic N) is 2. The number of carbonyl (C=O) groups is 1. The molecular formula is C16H15FN2O2S. The predicted molar refractivity (Wildman–Crippen MR) is 84.3 cm³/mol. The van der Waals surface area contributed by atoms with Gasteiger partial charge in [0, 0.05) is 5.92 Å². The average molecular weight is 318 g/mol. The highest BCUT2D eigenvalue weighted by Gasteiger charge is 2.24. The number of thiazole rings is 1. The quantitative estimate of drug-likeness (QED) is 0.723. The molecule has 1 amide bonds. The second kappa shape index (κ2) is 5.88. The van der Waals surface area contributed by atoms with Gasteiger partial charge in [-0.15, -0.1) is 0 Å². The number of amides is 1. The Balaban J connectivity index is 2.03. The lowest BCUT2D eigenvalue weighted by Gasteiger charge is -2.20. The lowest BCUT2D eigenvalue weighted by molar-refractivity contribution is -0.121. The van der Waals surface area contributed by atoms with Crippen LogP contribution in [0.3, 0.4) is 0 Å². The van der Waals surface area contributed by atoms with E-state index in [2.05, 4.69) is 4.98 Å². The molecule has 0 bridgehead atoms. The molecule has 0 atom stereocenters. The van der Waals surface area contributed by atoms with Gasteiger partial charge in [0.1, 0.15) is 17.1 Å².